The molecule has 0 aliphatic heterocycles. The molecule has 126 valence electrons. The van der Waals surface area contributed by atoms with Gasteiger partial charge >= 0.3 is 0 Å². The number of halogens is 1. The largest absolute Gasteiger partial charge is 0.453 e. The number of hydrogen-bond donors (Lipinski definition) is 2. The SMILES string of the molecule is CC(CCO)NC(=O)/C=C/c1ccc(Oc2cccnc2)c(F)c1. The van der Waals surface area contributed by atoms with Crippen LogP contribution < -0.4 is 10.1 Å². The smallest absolute Gasteiger partial charge is 0.244 e. The van der Waals surface area contributed by atoms with E-state index in [1.165, 1.54) is 30.5 Å². The van der Waals surface area contributed by atoms with E-state index >= 15 is 0 Å². The van der Waals surface area contributed by atoms with Gasteiger partial charge < -0.3 is 15.2 Å². The average molecular weight is 330 g/mol. The fourth-order valence-electron chi connectivity index (χ4n) is 1.97. The van der Waals surface area contributed by atoms with Crippen LogP contribution in [0.3, 0.4) is 0 Å². The third kappa shape index (κ3) is 5.48. The van der Waals surface area contributed by atoms with E-state index in [0.29, 0.717) is 17.7 Å². The van der Waals surface area contributed by atoms with Crippen LogP contribution >= 0.6 is 0 Å². The fourth-order valence-corrected chi connectivity index (χ4v) is 1.97. The van der Waals surface area contributed by atoms with Gasteiger partial charge in [0.05, 0.1) is 6.20 Å². The van der Waals surface area contributed by atoms with Crippen LogP contribution in [0.15, 0.2) is 48.8 Å². The number of carbonyl (C=O) groups excluding carboxylic acids is 1. The quantitative estimate of drug-likeness (QED) is 0.766. The van der Waals surface area contributed by atoms with E-state index in [-0.39, 0.29) is 24.3 Å². The third-order valence-electron chi connectivity index (χ3n) is 3.20. The average Bonchev–Trinajstić information content (AvgIpc) is 2.56. The lowest BCUT2D eigenvalue weighted by atomic mass is 10.2. The van der Waals surface area contributed by atoms with Gasteiger partial charge in [-0.2, -0.15) is 0 Å². The van der Waals surface area contributed by atoms with E-state index in [1.807, 2.05) is 0 Å². The number of rotatable bonds is 7. The molecule has 1 aromatic carbocycles. The zero-order chi connectivity index (χ0) is 17.4. The molecule has 1 aromatic heterocycles. The molecule has 6 heteroatoms. The number of amides is 1. The maximum Gasteiger partial charge on any atom is 0.244 e. The molecule has 2 rings (SSSR count). The predicted molar refractivity (Wildman–Crippen MR) is 89.1 cm³/mol. The summed E-state index contributed by atoms with van der Waals surface area (Å²) in [5, 5.41) is 11.5. The molecule has 0 aliphatic carbocycles. The first-order valence-electron chi connectivity index (χ1n) is 7.55. The first-order valence-corrected chi connectivity index (χ1v) is 7.55. The molecule has 0 saturated carbocycles. The van der Waals surface area contributed by atoms with E-state index in [4.69, 9.17) is 9.84 Å². The summed E-state index contributed by atoms with van der Waals surface area (Å²) in [6.07, 6.45) is 6.41. The molecule has 0 radical (unpaired) electrons. The first-order chi connectivity index (χ1) is 11.6. The van der Waals surface area contributed by atoms with Gasteiger partial charge in [0.25, 0.3) is 0 Å². The molecule has 2 aromatic rings. The maximum atomic E-state index is 14.1. The third-order valence-corrected chi connectivity index (χ3v) is 3.20. The molecular formula is C18H19FN2O3. The zero-order valence-electron chi connectivity index (χ0n) is 13.3. The van der Waals surface area contributed by atoms with Crippen molar-refractivity contribution >= 4 is 12.0 Å². The van der Waals surface area contributed by atoms with Gasteiger partial charge in [0.2, 0.25) is 5.91 Å². The minimum Gasteiger partial charge on any atom is -0.453 e. The molecule has 0 fully saturated rings. The van der Waals surface area contributed by atoms with Gasteiger partial charge in [-0.15, -0.1) is 0 Å². The topological polar surface area (TPSA) is 71.5 Å². The molecule has 1 amide bonds. The zero-order valence-corrected chi connectivity index (χ0v) is 13.3. The molecule has 5 nitrogen and oxygen atoms in total. The summed E-state index contributed by atoms with van der Waals surface area (Å²) in [6.45, 7) is 1.81. The number of nitrogens with zero attached hydrogens (tertiary/aromatic N) is 1. The minimum absolute atomic E-state index is 0.00870. The Labute approximate surface area is 139 Å². The number of ether oxygens (including phenoxy) is 1. The van der Waals surface area contributed by atoms with Gasteiger partial charge in [0.1, 0.15) is 5.75 Å². The Hall–Kier alpha value is -2.73. The van der Waals surface area contributed by atoms with E-state index in [9.17, 15) is 9.18 Å². The van der Waals surface area contributed by atoms with Crippen molar-refractivity contribution in [2.24, 2.45) is 0 Å². The Bertz CT molecular complexity index is 705. The molecule has 1 atom stereocenters. The highest BCUT2D eigenvalue weighted by atomic mass is 19.1. The van der Waals surface area contributed by atoms with Crippen molar-refractivity contribution in [1.82, 2.24) is 10.3 Å². The number of hydrogen-bond acceptors (Lipinski definition) is 4. The van der Waals surface area contributed by atoms with Crippen LogP contribution in [-0.4, -0.2) is 28.6 Å². The summed E-state index contributed by atoms with van der Waals surface area (Å²) in [6, 6.07) is 7.68. The van der Waals surface area contributed by atoms with Crippen LogP contribution in [0, 0.1) is 5.82 Å². The summed E-state index contributed by atoms with van der Waals surface area (Å²) < 4.78 is 19.5. The summed E-state index contributed by atoms with van der Waals surface area (Å²) in [4.78, 5) is 15.6. The van der Waals surface area contributed by atoms with Gasteiger partial charge in [-0.05, 0) is 49.2 Å². The minimum atomic E-state index is -0.532. The van der Waals surface area contributed by atoms with Crippen molar-refractivity contribution in [2.45, 2.75) is 19.4 Å². The van der Waals surface area contributed by atoms with Crippen LogP contribution in [0.25, 0.3) is 6.08 Å². The first kappa shape index (κ1) is 17.6. The molecule has 2 N–H and O–H groups in total. The van der Waals surface area contributed by atoms with Gasteiger partial charge in [0, 0.05) is 24.9 Å². The van der Waals surface area contributed by atoms with Crippen molar-refractivity contribution in [2.75, 3.05) is 6.61 Å². The highest BCUT2D eigenvalue weighted by molar-refractivity contribution is 5.91. The Kier molecular flexibility index (Phi) is 6.45. The standard InChI is InChI=1S/C18H19FN2O3/c1-13(8-10-22)21-18(23)7-5-14-4-6-17(16(19)11-14)24-15-3-2-9-20-12-15/h2-7,9,11-13,22H,8,10H2,1H3,(H,21,23)/b7-5+. The summed E-state index contributed by atoms with van der Waals surface area (Å²) in [7, 11) is 0. The highest BCUT2D eigenvalue weighted by Gasteiger charge is 2.06. The maximum absolute atomic E-state index is 14.1. The number of aliphatic hydroxyl groups excluding tert-OH is 1. The summed E-state index contributed by atoms with van der Waals surface area (Å²) >= 11 is 0. The van der Waals surface area contributed by atoms with Crippen LogP contribution in [0.4, 0.5) is 4.39 Å². The lowest BCUT2D eigenvalue weighted by Crippen LogP contribution is -2.31. The Morgan fingerprint density at radius 2 is 2.29 bits per heavy atom. The Morgan fingerprint density at radius 3 is 2.96 bits per heavy atom. The number of carbonyl (C=O) groups is 1. The van der Waals surface area contributed by atoms with Gasteiger partial charge in [-0.3, -0.25) is 9.78 Å². The summed E-state index contributed by atoms with van der Waals surface area (Å²) in [5.41, 5.74) is 0.538. The van der Waals surface area contributed by atoms with Gasteiger partial charge in [0.15, 0.2) is 11.6 Å². The Balaban J connectivity index is 1.99. The van der Waals surface area contributed by atoms with Gasteiger partial charge in [-0.1, -0.05) is 6.07 Å². The van der Waals surface area contributed by atoms with Crippen LogP contribution in [-0.2, 0) is 4.79 Å². The fraction of sp³-hybridized carbons (Fsp3) is 0.222. The number of nitrogens with one attached hydrogen (secondary N) is 1. The molecule has 1 heterocycles. The monoisotopic (exact) mass is 330 g/mol. The number of aliphatic hydroxyl groups is 1. The van der Waals surface area contributed by atoms with Crippen molar-refractivity contribution in [3.63, 3.8) is 0 Å². The van der Waals surface area contributed by atoms with Crippen LogP contribution in [0.2, 0.25) is 0 Å². The number of benzene rings is 1. The molecule has 0 aliphatic rings. The molecule has 1 unspecified atom stereocenters. The lowest BCUT2D eigenvalue weighted by Gasteiger charge is -2.10. The van der Waals surface area contributed by atoms with E-state index in [0.717, 1.165) is 0 Å². The van der Waals surface area contributed by atoms with Crippen molar-refractivity contribution in [3.8, 4) is 11.5 Å². The number of aromatic nitrogens is 1. The second-order valence-corrected chi connectivity index (χ2v) is 5.24. The summed E-state index contributed by atoms with van der Waals surface area (Å²) in [5.74, 6) is -0.305. The van der Waals surface area contributed by atoms with Crippen molar-refractivity contribution < 1.29 is 19.0 Å². The van der Waals surface area contributed by atoms with E-state index in [2.05, 4.69) is 10.3 Å². The van der Waals surface area contributed by atoms with Gasteiger partial charge in [-0.25, -0.2) is 4.39 Å². The second kappa shape index (κ2) is 8.79. The molecular weight excluding hydrogens is 311 g/mol. The number of pyridine rings is 1. The second-order valence-electron chi connectivity index (χ2n) is 5.24. The molecule has 24 heavy (non-hydrogen) atoms. The molecule has 0 saturated heterocycles. The lowest BCUT2D eigenvalue weighted by molar-refractivity contribution is -0.117. The highest BCUT2D eigenvalue weighted by Crippen LogP contribution is 2.24. The predicted octanol–water partition coefficient (Wildman–Crippen LogP) is 2.91. The normalized spacial score (nSPS) is 12.1. The van der Waals surface area contributed by atoms with E-state index in [1.54, 1.807) is 31.3 Å². The molecule has 0 spiro atoms. The Morgan fingerprint density at radius 1 is 1.46 bits per heavy atom. The van der Waals surface area contributed by atoms with Crippen LogP contribution in [0.1, 0.15) is 18.9 Å². The van der Waals surface area contributed by atoms with Crippen molar-refractivity contribution in [3.05, 3.63) is 60.2 Å². The molecule has 0 bridgehead atoms. The van der Waals surface area contributed by atoms with Crippen LogP contribution in [0.5, 0.6) is 11.5 Å². The van der Waals surface area contributed by atoms with Crippen molar-refractivity contribution in [1.29, 1.82) is 0 Å². The van der Waals surface area contributed by atoms with E-state index < -0.39 is 5.82 Å².